The highest BCUT2D eigenvalue weighted by molar-refractivity contribution is 5.94. The molecule has 5 nitrogen and oxygen atoms in total. The molecular formula is C14H12F4N2O3. The summed E-state index contributed by atoms with van der Waals surface area (Å²) in [5.74, 6) is -2.18. The summed E-state index contributed by atoms with van der Waals surface area (Å²) in [6, 6.07) is 4.96. The summed E-state index contributed by atoms with van der Waals surface area (Å²) in [6.45, 7) is -0.238. The molecule has 0 unspecified atom stereocenters. The van der Waals surface area contributed by atoms with Crippen LogP contribution in [0.5, 0.6) is 0 Å². The van der Waals surface area contributed by atoms with E-state index < -0.39 is 36.3 Å². The number of nitrogens with zero attached hydrogens (tertiary/aromatic N) is 1. The molecule has 1 atom stereocenters. The summed E-state index contributed by atoms with van der Waals surface area (Å²) in [5.41, 5.74) is 0.328. The Morgan fingerprint density at radius 1 is 1.35 bits per heavy atom. The molecule has 9 heteroatoms. The summed E-state index contributed by atoms with van der Waals surface area (Å²) in [7, 11) is 0. The van der Waals surface area contributed by atoms with Gasteiger partial charge in [-0.15, -0.1) is 0 Å². The summed E-state index contributed by atoms with van der Waals surface area (Å²) in [6.07, 6.45) is -5.81. The zero-order chi connectivity index (χ0) is 17.2. The maximum absolute atomic E-state index is 12.9. The van der Waals surface area contributed by atoms with Gasteiger partial charge in [-0.1, -0.05) is 5.16 Å². The number of rotatable bonds is 4. The van der Waals surface area contributed by atoms with Crippen molar-refractivity contribution in [3.8, 4) is 11.3 Å². The van der Waals surface area contributed by atoms with Gasteiger partial charge in [0.15, 0.2) is 0 Å². The molecule has 0 spiro atoms. The molecule has 0 saturated heterocycles. The number of benzene rings is 1. The van der Waals surface area contributed by atoms with E-state index in [9.17, 15) is 27.5 Å². The minimum absolute atomic E-state index is 0.0529. The molecule has 1 aromatic heterocycles. The quantitative estimate of drug-likeness (QED) is 0.844. The standard InChI is InChI=1S/C14H12F4N2O3/c1-7(21)10-11(8-2-4-9(15)5-3-8)20-23-12(10)13(22)19-6-14(16,17)18/h2-5,7,21H,6H2,1H3,(H,19,22)/t7-/m0/s1. The predicted molar refractivity (Wildman–Crippen MR) is 70.9 cm³/mol. The number of carbonyl (C=O) groups excluding carboxylic acids is 1. The Kier molecular flexibility index (Phi) is 4.69. The van der Waals surface area contributed by atoms with Crippen molar-refractivity contribution in [3.63, 3.8) is 0 Å². The lowest BCUT2D eigenvalue weighted by atomic mass is 10.0. The Balaban J connectivity index is 2.35. The van der Waals surface area contributed by atoms with Crippen LogP contribution in [0.1, 0.15) is 29.1 Å². The fraction of sp³-hybridized carbons (Fsp3) is 0.286. The fourth-order valence-corrected chi connectivity index (χ4v) is 1.93. The molecule has 1 amide bonds. The number of carbonyl (C=O) groups is 1. The Labute approximate surface area is 127 Å². The first kappa shape index (κ1) is 16.9. The average Bonchev–Trinajstić information content (AvgIpc) is 2.90. The topological polar surface area (TPSA) is 75.4 Å². The molecule has 2 aromatic rings. The number of nitrogens with one attached hydrogen (secondary N) is 1. The van der Waals surface area contributed by atoms with Gasteiger partial charge in [0, 0.05) is 5.56 Å². The SMILES string of the molecule is C[C@H](O)c1c(-c2ccc(F)cc2)noc1C(=O)NCC(F)(F)F. The molecule has 2 N–H and O–H groups in total. The van der Waals surface area contributed by atoms with Crippen molar-refractivity contribution in [2.24, 2.45) is 0 Å². The monoisotopic (exact) mass is 332 g/mol. The average molecular weight is 332 g/mol. The molecule has 2 rings (SSSR count). The molecule has 0 radical (unpaired) electrons. The van der Waals surface area contributed by atoms with Crippen LogP contribution in [0, 0.1) is 5.82 Å². The summed E-state index contributed by atoms with van der Waals surface area (Å²) < 4.78 is 54.2. The number of aliphatic hydroxyl groups excluding tert-OH is 1. The number of amides is 1. The summed E-state index contributed by atoms with van der Waals surface area (Å²) in [5, 5.41) is 15.0. The molecule has 0 bridgehead atoms. The molecule has 0 aliphatic carbocycles. The maximum atomic E-state index is 12.9. The van der Waals surface area contributed by atoms with E-state index in [1.807, 2.05) is 0 Å². The van der Waals surface area contributed by atoms with Gasteiger partial charge in [0.1, 0.15) is 18.1 Å². The number of aromatic nitrogens is 1. The largest absolute Gasteiger partial charge is 0.405 e. The number of halogens is 4. The van der Waals surface area contributed by atoms with E-state index in [2.05, 4.69) is 5.16 Å². The third kappa shape index (κ3) is 4.07. The fourth-order valence-electron chi connectivity index (χ4n) is 1.93. The Morgan fingerprint density at radius 3 is 2.48 bits per heavy atom. The summed E-state index contributed by atoms with van der Waals surface area (Å²) >= 11 is 0. The van der Waals surface area contributed by atoms with E-state index in [1.54, 1.807) is 5.32 Å². The van der Waals surface area contributed by atoms with Crippen LogP contribution in [0.4, 0.5) is 17.6 Å². The molecular weight excluding hydrogens is 320 g/mol. The van der Waals surface area contributed by atoms with E-state index in [4.69, 9.17) is 4.52 Å². The van der Waals surface area contributed by atoms with Crippen molar-refractivity contribution in [3.05, 3.63) is 41.4 Å². The number of hydrogen-bond donors (Lipinski definition) is 2. The van der Waals surface area contributed by atoms with Gasteiger partial charge < -0.3 is 14.9 Å². The minimum atomic E-state index is -4.58. The normalized spacial score (nSPS) is 13.0. The first-order valence-corrected chi connectivity index (χ1v) is 6.47. The number of aliphatic hydroxyl groups is 1. The number of alkyl halides is 3. The minimum Gasteiger partial charge on any atom is -0.388 e. The maximum Gasteiger partial charge on any atom is 0.405 e. The van der Waals surface area contributed by atoms with Crippen LogP contribution in [-0.2, 0) is 0 Å². The van der Waals surface area contributed by atoms with Crippen molar-refractivity contribution in [1.29, 1.82) is 0 Å². The van der Waals surface area contributed by atoms with Crippen LogP contribution in [0.2, 0.25) is 0 Å². The first-order chi connectivity index (χ1) is 10.7. The second-order valence-electron chi connectivity index (χ2n) is 4.75. The Hall–Kier alpha value is -2.42. The van der Waals surface area contributed by atoms with Gasteiger partial charge in [-0.05, 0) is 31.2 Å². The smallest absolute Gasteiger partial charge is 0.388 e. The molecule has 0 aliphatic rings. The molecule has 0 saturated carbocycles. The van der Waals surface area contributed by atoms with Crippen LogP contribution in [0.25, 0.3) is 11.3 Å². The second-order valence-corrected chi connectivity index (χ2v) is 4.75. The highest BCUT2D eigenvalue weighted by atomic mass is 19.4. The lowest BCUT2D eigenvalue weighted by molar-refractivity contribution is -0.123. The van der Waals surface area contributed by atoms with Crippen molar-refractivity contribution < 1.29 is 32.0 Å². The Bertz CT molecular complexity index is 693. The molecule has 0 aliphatic heterocycles. The lowest BCUT2D eigenvalue weighted by Crippen LogP contribution is -2.34. The van der Waals surface area contributed by atoms with Gasteiger partial charge in [0.2, 0.25) is 5.76 Å². The van der Waals surface area contributed by atoms with Crippen LogP contribution < -0.4 is 5.32 Å². The van der Waals surface area contributed by atoms with Crippen LogP contribution in [0.15, 0.2) is 28.8 Å². The molecule has 1 aromatic carbocycles. The van der Waals surface area contributed by atoms with Crippen LogP contribution in [0.3, 0.4) is 0 Å². The van der Waals surface area contributed by atoms with Gasteiger partial charge in [-0.3, -0.25) is 4.79 Å². The third-order valence-corrected chi connectivity index (χ3v) is 2.92. The highest BCUT2D eigenvalue weighted by Crippen LogP contribution is 2.30. The first-order valence-electron chi connectivity index (χ1n) is 6.47. The van der Waals surface area contributed by atoms with E-state index in [0.717, 1.165) is 12.1 Å². The zero-order valence-corrected chi connectivity index (χ0v) is 11.8. The van der Waals surface area contributed by atoms with Crippen LogP contribution >= 0.6 is 0 Å². The Morgan fingerprint density at radius 2 is 1.96 bits per heavy atom. The second kappa shape index (κ2) is 6.37. The van der Waals surface area contributed by atoms with Gasteiger partial charge in [-0.2, -0.15) is 13.2 Å². The van der Waals surface area contributed by atoms with Gasteiger partial charge in [0.25, 0.3) is 5.91 Å². The summed E-state index contributed by atoms with van der Waals surface area (Å²) in [4.78, 5) is 11.8. The third-order valence-electron chi connectivity index (χ3n) is 2.92. The van der Waals surface area contributed by atoms with Gasteiger partial charge in [0.05, 0.1) is 11.7 Å². The van der Waals surface area contributed by atoms with E-state index in [-0.39, 0.29) is 11.3 Å². The molecule has 1 heterocycles. The number of hydrogen-bond acceptors (Lipinski definition) is 4. The van der Waals surface area contributed by atoms with Crippen molar-refractivity contribution in [2.75, 3.05) is 6.54 Å². The van der Waals surface area contributed by atoms with Crippen molar-refractivity contribution >= 4 is 5.91 Å². The van der Waals surface area contributed by atoms with Gasteiger partial charge in [-0.25, -0.2) is 4.39 Å². The van der Waals surface area contributed by atoms with Crippen LogP contribution in [-0.4, -0.2) is 28.9 Å². The predicted octanol–water partition coefficient (Wildman–Crippen LogP) is 2.83. The van der Waals surface area contributed by atoms with Gasteiger partial charge >= 0.3 is 6.18 Å². The molecule has 124 valence electrons. The molecule has 23 heavy (non-hydrogen) atoms. The highest BCUT2D eigenvalue weighted by Gasteiger charge is 2.31. The molecule has 0 fully saturated rings. The van der Waals surface area contributed by atoms with E-state index in [0.29, 0.717) is 5.56 Å². The zero-order valence-electron chi connectivity index (χ0n) is 11.8. The van der Waals surface area contributed by atoms with E-state index >= 15 is 0 Å². The van der Waals surface area contributed by atoms with Crippen molar-refractivity contribution in [1.82, 2.24) is 10.5 Å². The van der Waals surface area contributed by atoms with E-state index in [1.165, 1.54) is 19.1 Å². The lowest BCUT2D eigenvalue weighted by Gasteiger charge is -2.09. The van der Waals surface area contributed by atoms with Crippen molar-refractivity contribution in [2.45, 2.75) is 19.2 Å².